The van der Waals surface area contributed by atoms with Crippen LogP contribution in [-0.2, 0) is 17.3 Å². The lowest BCUT2D eigenvalue weighted by molar-refractivity contribution is 0.117. The number of aryl methyl sites for hydroxylation is 1. The average molecular weight is 449 g/mol. The number of carbonyl (C=O) groups excluding carboxylic acids is 1. The van der Waals surface area contributed by atoms with Crippen molar-refractivity contribution in [3.63, 3.8) is 0 Å². The molecule has 4 rings (SSSR count). The molecule has 1 unspecified atom stereocenters. The molecule has 2 atom stereocenters. The summed E-state index contributed by atoms with van der Waals surface area (Å²) in [6, 6.07) is 19.4. The Morgan fingerprint density at radius 1 is 1.00 bits per heavy atom. The predicted molar refractivity (Wildman–Crippen MR) is 135 cm³/mol. The predicted octanol–water partition coefficient (Wildman–Crippen LogP) is 5.38. The highest BCUT2D eigenvalue weighted by Crippen LogP contribution is 2.51. The van der Waals surface area contributed by atoms with E-state index in [0.29, 0.717) is 13.0 Å². The maximum Gasteiger partial charge on any atom is 0.319 e. The molecule has 2 aromatic rings. The second-order valence-electron chi connectivity index (χ2n) is 11.1. The molecule has 0 saturated carbocycles. The molecule has 2 aliphatic rings. The van der Waals surface area contributed by atoms with Crippen molar-refractivity contribution >= 4 is 6.03 Å². The smallest absolute Gasteiger partial charge is 0.319 e. The first-order valence-corrected chi connectivity index (χ1v) is 12.5. The second kappa shape index (κ2) is 9.13. The van der Waals surface area contributed by atoms with E-state index in [-0.39, 0.29) is 28.9 Å². The molecule has 2 aromatic carbocycles. The fourth-order valence-electron chi connectivity index (χ4n) is 6.19. The van der Waals surface area contributed by atoms with E-state index in [0.717, 1.165) is 32.4 Å². The zero-order valence-corrected chi connectivity index (χ0v) is 20.8. The molecule has 0 spiro atoms. The fraction of sp³-hybridized carbons (Fsp3) is 0.552. The topological polar surface area (TPSA) is 43.8 Å². The van der Waals surface area contributed by atoms with Crippen molar-refractivity contribution in [1.82, 2.24) is 9.80 Å². The van der Waals surface area contributed by atoms with Gasteiger partial charge in [0.25, 0.3) is 0 Å². The fourth-order valence-corrected chi connectivity index (χ4v) is 6.19. The van der Waals surface area contributed by atoms with Crippen molar-refractivity contribution in [3.8, 4) is 0 Å². The summed E-state index contributed by atoms with van der Waals surface area (Å²) in [6.07, 6.45) is 4.84. The number of hydrogen-bond donors (Lipinski definition) is 1. The van der Waals surface area contributed by atoms with Gasteiger partial charge in [0.15, 0.2) is 0 Å². The number of nitrogens with zero attached hydrogens (tertiary/aromatic N) is 2. The van der Waals surface area contributed by atoms with Crippen LogP contribution in [0.2, 0.25) is 0 Å². The van der Waals surface area contributed by atoms with Crippen LogP contribution in [0.25, 0.3) is 0 Å². The van der Waals surface area contributed by atoms with Gasteiger partial charge in [0.2, 0.25) is 0 Å². The molecule has 2 amide bonds. The Morgan fingerprint density at radius 3 is 2.42 bits per heavy atom. The van der Waals surface area contributed by atoms with Crippen LogP contribution >= 0.6 is 0 Å². The molecule has 4 heteroatoms. The number of amides is 2. The van der Waals surface area contributed by atoms with Gasteiger partial charge >= 0.3 is 6.03 Å². The molecule has 33 heavy (non-hydrogen) atoms. The van der Waals surface area contributed by atoms with Gasteiger partial charge in [-0.15, -0.1) is 0 Å². The molecule has 0 radical (unpaired) electrons. The Labute approximate surface area is 199 Å². The third kappa shape index (κ3) is 4.30. The Morgan fingerprint density at radius 2 is 1.70 bits per heavy atom. The molecule has 1 aliphatic carbocycles. The number of rotatable bonds is 6. The van der Waals surface area contributed by atoms with Crippen LogP contribution in [0.1, 0.15) is 63.1 Å². The summed E-state index contributed by atoms with van der Waals surface area (Å²) >= 11 is 0. The van der Waals surface area contributed by atoms with Gasteiger partial charge in [-0.1, -0.05) is 75.4 Å². The molecule has 178 valence electrons. The van der Waals surface area contributed by atoms with Crippen LogP contribution in [-0.4, -0.2) is 54.2 Å². The number of aliphatic hydroxyl groups excluding tert-OH is 1. The van der Waals surface area contributed by atoms with Gasteiger partial charge in [0.1, 0.15) is 0 Å². The number of carbonyl (C=O) groups is 1. The summed E-state index contributed by atoms with van der Waals surface area (Å²) < 4.78 is 0. The molecule has 4 nitrogen and oxygen atoms in total. The largest absolute Gasteiger partial charge is 0.396 e. The average Bonchev–Trinajstić information content (AvgIpc) is 3.26. The Kier molecular flexibility index (Phi) is 6.59. The number of benzene rings is 2. The van der Waals surface area contributed by atoms with E-state index in [4.69, 9.17) is 0 Å². The maximum absolute atomic E-state index is 13.4. The van der Waals surface area contributed by atoms with Gasteiger partial charge in [-0.25, -0.2) is 4.79 Å². The Hall–Kier alpha value is -2.33. The van der Waals surface area contributed by atoms with Crippen molar-refractivity contribution in [2.24, 2.45) is 5.41 Å². The second-order valence-corrected chi connectivity index (χ2v) is 11.1. The minimum atomic E-state index is -0.150. The number of aliphatic hydroxyl groups is 1. The lowest BCUT2D eigenvalue weighted by Gasteiger charge is -2.50. The Bertz CT molecular complexity index is 973. The lowest BCUT2D eigenvalue weighted by Crippen LogP contribution is -2.47. The summed E-state index contributed by atoms with van der Waals surface area (Å²) in [5, 5.41) is 9.76. The summed E-state index contributed by atoms with van der Waals surface area (Å²) in [5.74, 6) is 0. The standard InChI is InChI=1S/C29H40N2O2/c1-27(2)15-14-23-10-8-9-13-25(23)28(27,3)16-19-30(4)26(33)31-20-17-29(22-31,18-21-32)24-11-6-5-7-12-24/h5-13,32H,14-22H2,1-4H3/t28-,29?/m0/s1. The first kappa shape index (κ1) is 23.8. The van der Waals surface area contributed by atoms with E-state index >= 15 is 0 Å². The summed E-state index contributed by atoms with van der Waals surface area (Å²) in [4.78, 5) is 17.3. The van der Waals surface area contributed by atoms with E-state index in [1.807, 2.05) is 22.9 Å². The zero-order valence-electron chi connectivity index (χ0n) is 20.8. The molecule has 1 aliphatic heterocycles. The summed E-state index contributed by atoms with van der Waals surface area (Å²) in [5.41, 5.74) is 4.21. The summed E-state index contributed by atoms with van der Waals surface area (Å²) in [6.45, 7) is 9.45. The van der Waals surface area contributed by atoms with Gasteiger partial charge in [0, 0.05) is 38.7 Å². The maximum atomic E-state index is 13.4. The highest BCUT2D eigenvalue weighted by Gasteiger charge is 2.46. The number of fused-ring (bicyclic) bond motifs is 1. The minimum absolute atomic E-state index is 0.0338. The molecule has 0 bridgehead atoms. The van der Waals surface area contributed by atoms with Gasteiger partial charge in [-0.05, 0) is 59.6 Å². The van der Waals surface area contributed by atoms with Crippen molar-refractivity contribution in [3.05, 3.63) is 71.3 Å². The molecule has 1 N–H and O–H groups in total. The van der Waals surface area contributed by atoms with Crippen LogP contribution < -0.4 is 0 Å². The van der Waals surface area contributed by atoms with Crippen LogP contribution in [0.3, 0.4) is 0 Å². The normalized spacial score (nSPS) is 26.2. The van der Waals surface area contributed by atoms with Crippen molar-refractivity contribution < 1.29 is 9.90 Å². The molecular formula is C29H40N2O2. The van der Waals surface area contributed by atoms with E-state index in [9.17, 15) is 9.90 Å². The van der Waals surface area contributed by atoms with E-state index in [1.165, 1.54) is 23.1 Å². The highest BCUT2D eigenvalue weighted by molar-refractivity contribution is 5.74. The van der Waals surface area contributed by atoms with Crippen LogP contribution in [0, 0.1) is 5.41 Å². The van der Waals surface area contributed by atoms with Gasteiger partial charge in [0.05, 0.1) is 0 Å². The highest BCUT2D eigenvalue weighted by atomic mass is 16.3. The van der Waals surface area contributed by atoms with Gasteiger partial charge in [-0.3, -0.25) is 0 Å². The lowest BCUT2D eigenvalue weighted by atomic mass is 9.55. The first-order chi connectivity index (χ1) is 15.7. The molecule has 1 fully saturated rings. The van der Waals surface area contributed by atoms with Crippen LogP contribution in [0.4, 0.5) is 4.79 Å². The Balaban J connectivity index is 1.46. The van der Waals surface area contributed by atoms with Crippen LogP contribution in [0.5, 0.6) is 0 Å². The zero-order chi connectivity index (χ0) is 23.7. The van der Waals surface area contributed by atoms with E-state index in [1.54, 1.807) is 0 Å². The molecule has 1 heterocycles. The molecular weight excluding hydrogens is 408 g/mol. The number of likely N-dealkylation sites (tertiary alicyclic amines) is 1. The SMILES string of the molecule is CN(CC[C@@]1(C)c2ccccc2CCC1(C)C)C(=O)N1CCC(CCO)(c2ccccc2)C1. The minimum Gasteiger partial charge on any atom is -0.396 e. The number of urea groups is 1. The molecule has 0 aromatic heterocycles. The van der Waals surface area contributed by atoms with Crippen molar-refractivity contribution in [2.75, 3.05) is 33.3 Å². The van der Waals surface area contributed by atoms with Crippen LogP contribution in [0.15, 0.2) is 54.6 Å². The van der Waals surface area contributed by atoms with Crippen molar-refractivity contribution in [1.29, 1.82) is 0 Å². The van der Waals surface area contributed by atoms with Crippen molar-refractivity contribution in [2.45, 2.75) is 63.7 Å². The van der Waals surface area contributed by atoms with Gasteiger partial charge < -0.3 is 14.9 Å². The number of hydrogen-bond acceptors (Lipinski definition) is 2. The van der Waals surface area contributed by atoms with Gasteiger partial charge in [-0.2, -0.15) is 0 Å². The van der Waals surface area contributed by atoms with E-state index in [2.05, 4.69) is 69.3 Å². The third-order valence-corrected chi connectivity index (χ3v) is 9.00. The quantitative estimate of drug-likeness (QED) is 0.644. The summed E-state index contributed by atoms with van der Waals surface area (Å²) in [7, 11) is 1.95. The van der Waals surface area contributed by atoms with E-state index < -0.39 is 0 Å². The third-order valence-electron chi connectivity index (χ3n) is 9.00. The first-order valence-electron chi connectivity index (χ1n) is 12.5. The monoisotopic (exact) mass is 448 g/mol. The molecule has 1 saturated heterocycles.